The smallest absolute Gasteiger partial charge is 0.272 e. The SMILES string of the molecule is Cc1ccc(C(NC(=O)c2cc(-c3ccc(C)o3)[nH]n2)c2ccncc2)cc1. The van der Waals surface area contributed by atoms with Gasteiger partial charge < -0.3 is 9.73 Å². The molecule has 0 aliphatic heterocycles. The van der Waals surface area contributed by atoms with E-state index in [4.69, 9.17) is 4.42 Å². The van der Waals surface area contributed by atoms with E-state index in [1.54, 1.807) is 18.5 Å². The van der Waals surface area contributed by atoms with Gasteiger partial charge >= 0.3 is 0 Å². The molecule has 1 aromatic carbocycles. The third-order valence-electron chi connectivity index (χ3n) is 4.54. The molecule has 4 rings (SSSR count). The summed E-state index contributed by atoms with van der Waals surface area (Å²) >= 11 is 0. The van der Waals surface area contributed by atoms with Gasteiger partial charge in [0.1, 0.15) is 11.5 Å². The lowest BCUT2D eigenvalue weighted by Crippen LogP contribution is -2.29. The van der Waals surface area contributed by atoms with Gasteiger partial charge in [0.25, 0.3) is 5.91 Å². The molecule has 2 N–H and O–H groups in total. The normalized spacial score (nSPS) is 11.9. The van der Waals surface area contributed by atoms with Crippen molar-refractivity contribution >= 4 is 5.91 Å². The van der Waals surface area contributed by atoms with Gasteiger partial charge in [-0.05, 0) is 49.2 Å². The van der Waals surface area contributed by atoms with Gasteiger partial charge in [-0.3, -0.25) is 14.9 Å². The minimum atomic E-state index is -0.304. The molecule has 0 bridgehead atoms. The fourth-order valence-electron chi connectivity index (χ4n) is 3.02. The minimum absolute atomic E-state index is 0.270. The second kappa shape index (κ2) is 7.52. The first-order chi connectivity index (χ1) is 13.6. The summed E-state index contributed by atoms with van der Waals surface area (Å²) in [5.74, 6) is 1.18. The summed E-state index contributed by atoms with van der Waals surface area (Å²) in [6.07, 6.45) is 3.43. The van der Waals surface area contributed by atoms with Crippen LogP contribution in [0.1, 0.15) is 39.0 Å². The van der Waals surface area contributed by atoms with Crippen LogP contribution in [0.3, 0.4) is 0 Å². The van der Waals surface area contributed by atoms with Gasteiger partial charge in [-0.15, -0.1) is 0 Å². The van der Waals surface area contributed by atoms with E-state index < -0.39 is 0 Å². The number of amides is 1. The number of hydrogen-bond acceptors (Lipinski definition) is 4. The zero-order valence-electron chi connectivity index (χ0n) is 15.6. The number of carbonyl (C=O) groups is 1. The zero-order chi connectivity index (χ0) is 19.5. The Balaban J connectivity index is 1.61. The summed E-state index contributed by atoms with van der Waals surface area (Å²) < 4.78 is 5.58. The fourth-order valence-corrected chi connectivity index (χ4v) is 3.02. The second-order valence-electron chi connectivity index (χ2n) is 6.67. The summed E-state index contributed by atoms with van der Waals surface area (Å²) in [5.41, 5.74) is 4.06. The summed E-state index contributed by atoms with van der Waals surface area (Å²) in [4.78, 5) is 16.9. The van der Waals surface area contributed by atoms with Crippen molar-refractivity contribution in [3.8, 4) is 11.5 Å². The first-order valence-corrected chi connectivity index (χ1v) is 9.00. The molecule has 0 saturated carbocycles. The van der Waals surface area contributed by atoms with Crippen LogP contribution in [0, 0.1) is 13.8 Å². The number of aryl methyl sites for hydroxylation is 2. The van der Waals surface area contributed by atoms with Crippen molar-refractivity contribution in [2.75, 3.05) is 0 Å². The van der Waals surface area contributed by atoms with E-state index in [1.807, 2.05) is 62.4 Å². The number of aromatic amines is 1. The van der Waals surface area contributed by atoms with Crippen LogP contribution < -0.4 is 5.32 Å². The van der Waals surface area contributed by atoms with E-state index in [0.717, 1.165) is 22.5 Å². The topological polar surface area (TPSA) is 83.8 Å². The van der Waals surface area contributed by atoms with E-state index in [2.05, 4.69) is 20.5 Å². The van der Waals surface area contributed by atoms with Gasteiger partial charge in [0.2, 0.25) is 0 Å². The van der Waals surface area contributed by atoms with Crippen molar-refractivity contribution < 1.29 is 9.21 Å². The van der Waals surface area contributed by atoms with Crippen LogP contribution in [-0.2, 0) is 0 Å². The maximum absolute atomic E-state index is 12.9. The third kappa shape index (κ3) is 3.71. The molecule has 3 heterocycles. The Morgan fingerprint density at radius 2 is 1.71 bits per heavy atom. The molecule has 3 aromatic heterocycles. The van der Waals surface area contributed by atoms with Crippen LogP contribution in [0.2, 0.25) is 0 Å². The van der Waals surface area contributed by atoms with Crippen molar-refractivity contribution in [2.45, 2.75) is 19.9 Å². The molecule has 0 aliphatic carbocycles. The Morgan fingerprint density at radius 1 is 1.00 bits per heavy atom. The highest BCUT2D eigenvalue weighted by Gasteiger charge is 2.20. The standard InChI is InChI=1S/C22H20N4O2/c1-14-3-6-16(7-4-14)21(17-9-11-23-12-10-17)24-22(27)19-13-18(25-26-19)20-8-5-15(2)28-20/h3-13,21H,1-2H3,(H,24,27)(H,25,26). The molecule has 4 aromatic rings. The van der Waals surface area contributed by atoms with Gasteiger partial charge in [-0.1, -0.05) is 29.8 Å². The molecule has 28 heavy (non-hydrogen) atoms. The highest BCUT2D eigenvalue weighted by molar-refractivity contribution is 5.93. The van der Waals surface area contributed by atoms with E-state index in [9.17, 15) is 4.79 Å². The molecule has 6 heteroatoms. The van der Waals surface area contributed by atoms with Crippen LogP contribution in [-0.4, -0.2) is 21.1 Å². The summed E-state index contributed by atoms with van der Waals surface area (Å²) in [7, 11) is 0. The molecule has 0 saturated heterocycles. The van der Waals surface area contributed by atoms with Gasteiger partial charge in [-0.2, -0.15) is 5.10 Å². The maximum atomic E-state index is 12.9. The second-order valence-corrected chi connectivity index (χ2v) is 6.67. The van der Waals surface area contributed by atoms with Gasteiger partial charge in [0, 0.05) is 18.5 Å². The lowest BCUT2D eigenvalue weighted by molar-refractivity contribution is 0.0938. The predicted molar refractivity (Wildman–Crippen MR) is 106 cm³/mol. The molecule has 0 fully saturated rings. The Bertz CT molecular complexity index is 1080. The molecule has 140 valence electrons. The predicted octanol–water partition coefficient (Wildman–Crippen LogP) is 4.20. The van der Waals surface area contributed by atoms with E-state index in [0.29, 0.717) is 17.1 Å². The number of nitrogens with one attached hydrogen (secondary N) is 2. The summed E-state index contributed by atoms with van der Waals surface area (Å²) in [6, 6.07) is 17.0. The number of nitrogens with zero attached hydrogens (tertiary/aromatic N) is 2. The van der Waals surface area contributed by atoms with Gasteiger partial charge in [-0.25, -0.2) is 0 Å². The quantitative estimate of drug-likeness (QED) is 0.550. The van der Waals surface area contributed by atoms with Crippen molar-refractivity contribution in [1.29, 1.82) is 0 Å². The maximum Gasteiger partial charge on any atom is 0.272 e. The monoisotopic (exact) mass is 372 g/mol. The van der Waals surface area contributed by atoms with Crippen LogP contribution in [0.5, 0.6) is 0 Å². The van der Waals surface area contributed by atoms with Crippen LogP contribution in [0.4, 0.5) is 0 Å². The first-order valence-electron chi connectivity index (χ1n) is 9.00. The Kier molecular flexibility index (Phi) is 4.76. The largest absolute Gasteiger partial charge is 0.460 e. The number of benzene rings is 1. The number of carbonyl (C=O) groups excluding carboxylic acids is 1. The first kappa shape index (κ1) is 17.7. The lowest BCUT2D eigenvalue weighted by Gasteiger charge is -2.19. The molecule has 0 aliphatic rings. The van der Waals surface area contributed by atoms with Crippen LogP contribution >= 0.6 is 0 Å². The Hall–Kier alpha value is -3.67. The summed E-state index contributed by atoms with van der Waals surface area (Å²) in [6.45, 7) is 3.90. The van der Waals surface area contributed by atoms with E-state index in [1.165, 1.54) is 0 Å². The average molecular weight is 372 g/mol. The zero-order valence-corrected chi connectivity index (χ0v) is 15.6. The molecule has 6 nitrogen and oxygen atoms in total. The highest BCUT2D eigenvalue weighted by Crippen LogP contribution is 2.24. The molecule has 1 unspecified atom stereocenters. The molecular formula is C22H20N4O2. The van der Waals surface area contributed by atoms with Crippen molar-refractivity contribution in [2.24, 2.45) is 0 Å². The molecule has 1 atom stereocenters. The number of hydrogen-bond donors (Lipinski definition) is 2. The Morgan fingerprint density at radius 3 is 2.39 bits per heavy atom. The van der Waals surface area contributed by atoms with Crippen molar-refractivity contribution in [1.82, 2.24) is 20.5 Å². The minimum Gasteiger partial charge on any atom is -0.460 e. The molecule has 0 radical (unpaired) electrons. The number of H-pyrrole nitrogens is 1. The molecule has 1 amide bonds. The van der Waals surface area contributed by atoms with E-state index >= 15 is 0 Å². The average Bonchev–Trinajstić information content (AvgIpc) is 3.37. The van der Waals surface area contributed by atoms with Crippen LogP contribution in [0.15, 0.2) is 71.4 Å². The highest BCUT2D eigenvalue weighted by atomic mass is 16.3. The molecular weight excluding hydrogens is 352 g/mol. The lowest BCUT2D eigenvalue weighted by atomic mass is 9.98. The van der Waals surface area contributed by atoms with Crippen LogP contribution in [0.25, 0.3) is 11.5 Å². The van der Waals surface area contributed by atoms with Gasteiger partial charge in [0.05, 0.1) is 6.04 Å². The fraction of sp³-hybridized carbons (Fsp3) is 0.136. The number of rotatable bonds is 5. The van der Waals surface area contributed by atoms with Crippen molar-refractivity contribution in [3.63, 3.8) is 0 Å². The van der Waals surface area contributed by atoms with E-state index in [-0.39, 0.29) is 11.9 Å². The Labute approximate surface area is 162 Å². The number of aromatic nitrogens is 3. The number of pyridine rings is 1. The van der Waals surface area contributed by atoms with Crippen molar-refractivity contribution in [3.05, 3.63) is 95.1 Å². The third-order valence-corrected chi connectivity index (χ3v) is 4.54. The summed E-state index contributed by atoms with van der Waals surface area (Å²) in [5, 5.41) is 10.1. The number of furan rings is 1. The van der Waals surface area contributed by atoms with Gasteiger partial charge in [0.15, 0.2) is 11.5 Å². The molecule has 0 spiro atoms.